The Balaban J connectivity index is 2.42. The average molecular weight is 216 g/mol. The first-order valence-electron chi connectivity index (χ1n) is 5.21. The third-order valence-corrected chi connectivity index (χ3v) is 2.16. The van der Waals surface area contributed by atoms with Crippen LogP contribution in [0.5, 0.6) is 0 Å². The predicted octanol–water partition coefficient (Wildman–Crippen LogP) is 0.696. The highest BCUT2D eigenvalue weighted by molar-refractivity contribution is 5.82. The lowest BCUT2D eigenvalue weighted by atomic mass is 10.1. The molecule has 0 heterocycles. The van der Waals surface area contributed by atoms with Crippen LogP contribution in [-0.4, -0.2) is 18.5 Å². The zero-order valence-electron chi connectivity index (χ0n) is 9.36. The molecule has 84 valence electrons. The lowest BCUT2D eigenvalue weighted by molar-refractivity contribution is -0.122. The van der Waals surface area contributed by atoms with Crippen LogP contribution in [0, 0.1) is 11.8 Å². The maximum absolute atomic E-state index is 11.5. The van der Waals surface area contributed by atoms with E-state index in [1.807, 2.05) is 30.3 Å². The minimum atomic E-state index is -0.513. The van der Waals surface area contributed by atoms with E-state index in [0.717, 1.165) is 5.56 Å². The Hall–Kier alpha value is -1.79. The van der Waals surface area contributed by atoms with E-state index < -0.39 is 6.04 Å². The number of rotatable bonds is 4. The van der Waals surface area contributed by atoms with E-state index in [-0.39, 0.29) is 5.91 Å². The van der Waals surface area contributed by atoms with Crippen molar-refractivity contribution in [1.29, 1.82) is 0 Å². The number of hydrogen-bond acceptors (Lipinski definition) is 2. The molecule has 0 fully saturated rings. The van der Waals surface area contributed by atoms with E-state index in [2.05, 4.69) is 17.2 Å². The average Bonchev–Trinajstić information content (AvgIpc) is 2.30. The molecule has 0 spiro atoms. The fourth-order valence-electron chi connectivity index (χ4n) is 1.31. The van der Waals surface area contributed by atoms with Gasteiger partial charge in [0.05, 0.1) is 12.6 Å². The fourth-order valence-corrected chi connectivity index (χ4v) is 1.31. The van der Waals surface area contributed by atoms with E-state index in [1.165, 1.54) is 0 Å². The van der Waals surface area contributed by atoms with Crippen molar-refractivity contribution in [2.75, 3.05) is 6.54 Å². The fraction of sp³-hybridized carbons (Fsp3) is 0.308. The highest BCUT2D eigenvalue weighted by atomic mass is 16.2. The molecule has 0 radical (unpaired) electrons. The molecule has 0 aromatic heterocycles. The van der Waals surface area contributed by atoms with Gasteiger partial charge in [0.1, 0.15) is 0 Å². The lowest BCUT2D eigenvalue weighted by Crippen LogP contribution is -2.42. The summed E-state index contributed by atoms with van der Waals surface area (Å²) in [5, 5.41) is 2.67. The Morgan fingerprint density at radius 1 is 1.44 bits per heavy atom. The van der Waals surface area contributed by atoms with Gasteiger partial charge in [-0.1, -0.05) is 36.3 Å². The van der Waals surface area contributed by atoms with Gasteiger partial charge in [0.25, 0.3) is 0 Å². The van der Waals surface area contributed by atoms with E-state index in [1.54, 1.807) is 6.92 Å². The first kappa shape index (κ1) is 12.3. The number of benzene rings is 1. The number of carbonyl (C=O) groups is 1. The molecule has 1 amide bonds. The Morgan fingerprint density at radius 2 is 2.12 bits per heavy atom. The monoisotopic (exact) mass is 216 g/mol. The van der Waals surface area contributed by atoms with E-state index in [4.69, 9.17) is 5.73 Å². The van der Waals surface area contributed by atoms with Gasteiger partial charge in [0.2, 0.25) is 5.91 Å². The summed E-state index contributed by atoms with van der Waals surface area (Å²) in [6.45, 7) is 2.09. The van der Waals surface area contributed by atoms with Crippen LogP contribution in [0.15, 0.2) is 30.3 Å². The van der Waals surface area contributed by atoms with Crippen molar-refractivity contribution in [2.24, 2.45) is 5.73 Å². The normalized spacial score (nSPS) is 11.1. The van der Waals surface area contributed by atoms with Gasteiger partial charge >= 0.3 is 0 Å². The summed E-state index contributed by atoms with van der Waals surface area (Å²) in [6, 6.07) is 9.20. The van der Waals surface area contributed by atoms with Gasteiger partial charge in [-0.3, -0.25) is 4.79 Å². The molecule has 3 N–H and O–H groups in total. The Bertz CT molecular complexity index is 389. The van der Waals surface area contributed by atoms with Crippen molar-refractivity contribution in [2.45, 2.75) is 19.4 Å². The lowest BCUT2D eigenvalue weighted by Gasteiger charge is -2.10. The second-order valence-corrected chi connectivity index (χ2v) is 3.44. The number of amides is 1. The van der Waals surface area contributed by atoms with Crippen LogP contribution in [0.25, 0.3) is 0 Å². The van der Waals surface area contributed by atoms with Crippen molar-refractivity contribution >= 4 is 5.91 Å². The second-order valence-electron chi connectivity index (χ2n) is 3.44. The number of hydrogen-bond donors (Lipinski definition) is 2. The summed E-state index contributed by atoms with van der Waals surface area (Å²) in [5.41, 5.74) is 6.83. The Morgan fingerprint density at radius 3 is 2.75 bits per heavy atom. The molecular weight excluding hydrogens is 200 g/mol. The van der Waals surface area contributed by atoms with Crippen molar-refractivity contribution in [1.82, 2.24) is 5.32 Å². The molecule has 0 aliphatic heterocycles. The maximum Gasteiger partial charge on any atom is 0.238 e. The highest BCUT2D eigenvalue weighted by Crippen LogP contribution is 2.01. The third-order valence-electron chi connectivity index (χ3n) is 2.16. The molecule has 0 aliphatic carbocycles. The summed E-state index contributed by atoms with van der Waals surface area (Å²) in [5.74, 6) is 5.31. The predicted molar refractivity (Wildman–Crippen MR) is 64.6 cm³/mol. The van der Waals surface area contributed by atoms with Gasteiger partial charge in [0.15, 0.2) is 0 Å². The quantitative estimate of drug-likeness (QED) is 0.728. The van der Waals surface area contributed by atoms with Gasteiger partial charge in [0, 0.05) is 0 Å². The molecule has 16 heavy (non-hydrogen) atoms. The Kier molecular flexibility index (Phi) is 5.10. The smallest absolute Gasteiger partial charge is 0.238 e. The van der Waals surface area contributed by atoms with Gasteiger partial charge in [-0.15, -0.1) is 5.92 Å². The van der Waals surface area contributed by atoms with Crippen molar-refractivity contribution in [3.05, 3.63) is 35.9 Å². The van der Waals surface area contributed by atoms with E-state index >= 15 is 0 Å². The van der Waals surface area contributed by atoms with Crippen molar-refractivity contribution in [3.63, 3.8) is 0 Å². The van der Waals surface area contributed by atoms with Crippen LogP contribution in [0.1, 0.15) is 12.5 Å². The molecule has 1 rings (SSSR count). The van der Waals surface area contributed by atoms with Gasteiger partial charge < -0.3 is 11.1 Å². The minimum absolute atomic E-state index is 0.161. The van der Waals surface area contributed by atoms with Crippen LogP contribution in [-0.2, 0) is 11.2 Å². The van der Waals surface area contributed by atoms with Gasteiger partial charge in [-0.2, -0.15) is 0 Å². The van der Waals surface area contributed by atoms with E-state index in [9.17, 15) is 4.79 Å². The number of carbonyl (C=O) groups excluding carboxylic acids is 1. The molecule has 1 unspecified atom stereocenters. The van der Waals surface area contributed by atoms with Crippen molar-refractivity contribution in [3.8, 4) is 11.8 Å². The summed E-state index contributed by atoms with van der Waals surface area (Å²) < 4.78 is 0. The molecule has 3 nitrogen and oxygen atoms in total. The molecule has 0 saturated carbocycles. The number of nitrogens with two attached hydrogens (primary N) is 1. The first-order chi connectivity index (χ1) is 7.74. The topological polar surface area (TPSA) is 55.1 Å². The van der Waals surface area contributed by atoms with Crippen LogP contribution in [0.3, 0.4) is 0 Å². The van der Waals surface area contributed by atoms with Crippen molar-refractivity contribution < 1.29 is 4.79 Å². The number of nitrogens with one attached hydrogen (secondary N) is 1. The second kappa shape index (κ2) is 6.65. The molecule has 1 aromatic carbocycles. The summed E-state index contributed by atoms with van der Waals surface area (Å²) >= 11 is 0. The van der Waals surface area contributed by atoms with Gasteiger partial charge in [-0.25, -0.2) is 0 Å². The Labute approximate surface area is 96.0 Å². The minimum Gasteiger partial charge on any atom is -0.344 e. The molecular formula is C13H16N2O. The van der Waals surface area contributed by atoms with Crippen LogP contribution in [0.2, 0.25) is 0 Å². The highest BCUT2D eigenvalue weighted by Gasteiger charge is 2.12. The molecule has 0 bridgehead atoms. The zero-order valence-corrected chi connectivity index (χ0v) is 9.36. The van der Waals surface area contributed by atoms with Crippen LogP contribution in [0.4, 0.5) is 0 Å². The summed E-state index contributed by atoms with van der Waals surface area (Å²) in [7, 11) is 0. The third kappa shape index (κ3) is 4.16. The molecule has 0 aliphatic rings. The summed E-state index contributed by atoms with van der Waals surface area (Å²) in [4.78, 5) is 11.5. The molecule has 1 aromatic rings. The summed E-state index contributed by atoms with van der Waals surface area (Å²) in [6.07, 6.45) is 0.548. The molecule has 0 saturated heterocycles. The molecule has 3 heteroatoms. The molecule has 1 atom stereocenters. The van der Waals surface area contributed by atoms with E-state index in [0.29, 0.717) is 13.0 Å². The van der Waals surface area contributed by atoms with Crippen LogP contribution >= 0.6 is 0 Å². The maximum atomic E-state index is 11.5. The van der Waals surface area contributed by atoms with Crippen LogP contribution < -0.4 is 11.1 Å². The largest absolute Gasteiger partial charge is 0.344 e. The van der Waals surface area contributed by atoms with Gasteiger partial charge in [-0.05, 0) is 18.9 Å². The SMILES string of the molecule is CC#CCNC(=O)C(N)Cc1ccccc1. The standard InChI is InChI=1S/C13H16N2O/c1-2-3-9-15-13(16)12(14)10-11-7-5-4-6-8-11/h4-8,12H,9-10,14H2,1H3,(H,15,16). The zero-order chi connectivity index (χ0) is 11.8. The first-order valence-corrected chi connectivity index (χ1v) is 5.21.